The molecule has 0 bridgehead atoms. The summed E-state index contributed by atoms with van der Waals surface area (Å²) >= 11 is 0. The van der Waals surface area contributed by atoms with E-state index in [2.05, 4.69) is 37.0 Å². The van der Waals surface area contributed by atoms with E-state index in [1.54, 1.807) is 0 Å². The molecule has 0 fully saturated rings. The molecular weight excluding hydrogens is 194 g/mol. The monoisotopic (exact) mass is 221 g/mol. The summed E-state index contributed by atoms with van der Waals surface area (Å²) in [6.07, 6.45) is 9.32. The number of likely N-dealkylation sites (N-methyl/N-ethyl adjacent to an activating group) is 1. The van der Waals surface area contributed by atoms with Gasteiger partial charge < -0.3 is 5.32 Å². The summed E-state index contributed by atoms with van der Waals surface area (Å²) in [7, 11) is 1.93. The van der Waals surface area contributed by atoms with E-state index >= 15 is 0 Å². The molecule has 0 unspecified atom stereocenters. The predicted molar refractivity (Wildman–Crippen MR) is 76.5 cm³/mol. The van der Waals surface area contributed by atoms with Gasteiger partial charge in [0.05, 0.1) is 0 Å². The van der Waals surface area contributed by atoms with E-state index in [-0.39, 0.29) is 0 Å². The molecule has 1 heteroatoms. The molecular formula is C15H27N. The Morgan fingerprint density at radius 2 is 1.75 bits per heavy atom. The van der Waals surface area contributed by atoms with Crippen molar-refractivity contribution in [1.29, 1.82) is 0 Å². The molecule has 0 atom stereocenters. The Morgan fingerprint density at radius 3 is 2.19 bits per heavy atom. The maximum absolute atomic E-state index is 3.78. The smallest absolute Gasteiger partial charge is 0.0407 e. The largest absolute Gasteiger partial charge is 0.388 e. The summed E-state index contributed by atoms with van der Waals surface area (Å²) in [4.78, 5) is 0. The molecule has 0 saturated heterocycles. The minimum Gasteiger partial charge on any atom is -0.388 e. The number of rotatable bonds is 2. The summed E-state index contributed by atoms with van der Waals surface area (Å²) in [6, 6.07) is 0. The van der Waals surface area contributed by atoms with Crippen molar-refractivity contribution in [2.24, 2.45) is 0 Å². The van der Waals surface area contributed by atoms with E-state index in [0.717, 1.165) is 12.1 Å². The fraction of sp³-hybridized carbons (Fsp3) is 0.467. The SMILES string of the molecule is C=CC1=CCC(C)=CC=C1NC.CC.CC. The summed E-state index contributed by atoms with van der Waals surface area (Å²) in [5.74, 6) is 0. The molecule has 1 aliphatic rings. The first-order valence-corrected chi connectivity index (χ1v) is 6.16. The molecule has 0 aromatic carbocycles. The Hall–Kier alpha value is -1.24. The third-order valence-corrected chi connectivity index (χ3v) is 1.98. The highest BCUT2D eigenvalue weighted by atomic mass is 14.8. The number of nitrogens with one attached hydrogen (secondary N) is 1. The average molecular weight is 221 g/mol. The molecule has 0 radical (unpaired) electrons. The Balaban J connectivity index is 0. The predicted octanol–water partition coefficient (Wildman–Crippen LogP) is 4.60. The maximum atomic E-state index is 3.78. The van der Waals surface area contributed by atoms with Crippen LogP contribution in [-0.2, 0) is 0 Å². The molecule has 92 valence electrons. The van der Waals surface area contributed by atoms with Crippen molar-refractivity contribution in [2.45, 2.75) is 41.0 Å². The van der Waals surface area contributed by atoms with Crippen molar-refractivity contribution in [1.82, 2.24) is 5.32 Å². The Morgan fingerprint density at radius 1 is 1.19 bits per heavy atom. The molecule has 0 saturated carbocycles. The zero-order chi connectivity index (χ0) is 13.0. The molecule has 0 aromatic rings. The van der Waals surface area contributed by atoms with E-state index in [9.17, 15) is 0 Å². The van der Waals surface area contributed by atoms with Gasteiger partial charge in [-0.2, -0.15) is 0 Å². The summed E-state index contributed by atoms with van der Waals surface area (Å²) in [6.45, 7) is 13.9. The lowest BCUT2D eigenvalue weighted by atomic mass is 10.1. The zero-order valence-corrected chi connectivity index (χ0v) is 11.7. The van der Waals surface area contributed by atoms with Gasteiger partial charge in [-0.3, -0.25) is 0 Å². The highest BCUT2D eigenvalue weighted by molar-refractivity contribution is 5.42. The van der Waals surface area contributed by atoms with Crippen molar-refractivity contribution in [2.75, 3.05) is 7.05 Å². The number of allylic oxidation sites excluding steroid dienone is 5. The topological polar surface area (TPSA) is 12.0 Å². The van der Waals surface area contributed by atoms with Gasteiger partial charge in [-0.15, -0.1) is 0 Å². The van der Waals surface area contributed by atoms with Crippen molar-refractivity contribution in [3.8, 4) is 0 Å². The second-order valence-electron chi connectivity index (χ2n) is 2.91. The van der Waals surface area contributed by atoms with Crippen LogP contribution in [0, 0.1) is 0 Å². The van der Waals surface area contributed by atoms with Crippen LogP contribution < -0.4 is 5.32 Å². The van der Waals surface area contributed by atoms with Crippen LogP contribution >= 0.6 is 0 Å². The van der Waals surface area contributed by atoms with Crippen LogP contribution in [0.5, 0.6) is 0 Å². The summed E-state index contributed by atoms with van der Waals surface area (Å²) in [5.41, 5.74) is 3.70. The normalized spacial score (nSPS) is 13.5. The van der Waals surface area contributed by atoms with Crippen molar-refractivity contribution < 1.29 is 0 Å². The maximum Gasteiger partial charge on any atom is 0.0407 e. The van der Waals surface area contributed by atoms with E-state index < -0.39 is 0 Å². The number of hydrogen-bond acceptors (Lipinski definition) is 1. The van der Waals surface area contributed by atoms with Gasteiger partial charge in [-0.25, -0.2) is 0 Å². The Bertz CT molecular complexity index is 267. The first kappa shape index (κ1) is 17.2. The third-order valence-electron chi connectivity index (χ3n) is 1.98. The van der Waals surface area contributed by atoms with Crippen LogP contribution in [0.2, 0.25) is 0 Å². The molecule has 1 nitrogen and oxygen atoms in total. The molecule has 16 heavy (non-hydrogen) atoms. The van der Waals surface area contributed by atoms with Gasteiger partial charge in [-0.05, 0) is 25.0 Å². The van der Waals surface area contributed by atoms with E-state index in [1.807, 2.05) is 40.8 Å². The first-order chi connectivity index (χ1) is 7.77. The number of hydrogen-bond donors (Lipinski definition) is 1. The minimum absolute atomic E-state index is 1.02. The van der Waals surface area contributed by atoms with Gasteiger partial charge in [0.15, 0.2) is 0 Å². The van der Waals surface area contributed by atoms with Gasteiger partial charge in [-0.1, -0.05) is 58.1 Å². The average Bonchev–Trinajstić information content (AvgIpc) is 2.55. The van der Waals surface area contributed by atoms with Crippen molar-refractivity contribution in [3.05, 3.63) is 47.7 Å². The van der Waals surface area contributed by atoms with Gasteiger partial charge in [0.1, 0.15) is 0 Å². The molecule has 0 amide bonds. The van der Waals surface area contributed by atoms with E-state index in [4.69, 9.17) is 0 Å². The molecule has 1 N–H and O–H groups in total. The van der Waals surface area contributed by atoms with Crippen LogP contribution in [0.3, 0.4) is 0 Å². The lowest BCUT2D eigenvalue weighted by molar-refractivity contribution is 1.01. The van der Waals surface area contributed by atoms with Crippen LogP contribution in [-0.4, -0.2) is 7.05 Å². The molecule has 0 heterocycles. The van der Waals surface area contributed by atoms with Gasteiger partial charge in [0.2, 0.25) is 0 Å². The Labute approximate surface area is 102 Å². The van der Waals surface area contributed by atoms with Crippen LogP contribution in [0.15, 0.2) is 47.7 Å². The standard InChI is InChI=1S/C11H15N.2C2H6/c1-4-10-7-5-9(2)6-8-11(10)12-3;2*1-2/h4,6-8,12H,1,5H2,2-3H3;2*1-2H3. The Kier molecular flexibility index (Phi) is 12.7. The van der Waals surface area contributed by atoms with Gasteiger partial charge in [0, 0.05) is 12.7 Å². The van der Waals surface area contributed by atoms with Crippen LogP contribution in [0.4, 0.5) is 0 Å². The van der Waals surface area contributed by atoms with Gasteiger partial charge in [0.25, 0.3) is 0 Å². The molecule has 0 aliphatic heterocycles. The van der Waals surface area contributed by atoms with Gasteiger partial charge >= 0.3 is 0 Å². The van der Waals surface area contributed by atoms with Crippen molar-refractivity contribution in [3.63, 3.8) is 0 Å². The molecule has 0 spiro atoms. The fourth-order valence-electron chi connectivity index (χ4n) is 1.19. The highest BCUT2D eigenvalue weighted by Crippen LogP contribution is 2.16. The second kappa shape index (κ2) is 11.8. The van der Waals surface area contributed by atoms with Crippen LogP contribution in [0.1, 0.15) is 41.0 Å². The summed E-state index contributed by atoms with van der Waals surface area (Å²) in [5, 5.41) is 3.14. The first-order valence-electron chi connectivity index (χ1n) is 6.16. The zero-order valence-electron chi connectivity index (χ0n) is 11.7. The third kappa shape index (κ3) is 6.28. The van der Waals surface area contributed by atoms with E-state index in [1.165, 1.54) is 11.1 Å². The van der Waals surface area contributed by atoms with Crippen molar-refractivity contribution >= 4 is 0 Å². The highest BCUT2D eigenvalue weighted by Gasteiger charge is 2.00. The fourth-order valence-corrected chi connectivity index (χ4v) is 1.19. The second-order valence-corrected chi connectivity index (χ2v) is 2.91. The minimum atomic E-state index is 1.02. The molecule has 0 aromatic heterocycles. The lowest BCUT2D eigenvalue weighted by Crippen LogP contribution is -2.06. The van der Waals surface area contributed by atoms with Crippen LogP contribution in [0.25, 0.3) is 0 Å². The molecule has 1 rings (SSSR count). The van der Waals surface area contributed by atoms with E-state index in [0.29, 0.717) is 0 Å². The molecule has 1 aliphatic carbocycles. The lowest BCUT2D eigenvalue weighted by Gasteiger charge is -2.04. The summed E-state index contributed by atoms with van der Waals surface area (Å²) < 4.78 is 0. The quantitative estimate of drug-likeness (QED) is 0.718.